The van der Waals surface area contributed by atoms with E-state index in [4.69, 9.17) is 10.5 Å². The number of anilines is 1. The predicted molar refractivity (Wildman–Crippen MR) is 69.4 cm³/mol. The molecule has 1 heterocycles. The highest BCUT2D eigenvalue weighted by molar-refractivity contribution is 7.99. The lowest BCUT2D eigenvalue weighted by Gasteiger charge is -2.26. The number of nitrogens with two attached hydrogens (primary N) is 1. The fourth-order valence-electron chi connectivity index (χ4n) is 1.84. The van der Waals surface area contributed by atoms with Gasteiger partial charge in [0.15, 0.2) is 0 Å². The first-order valence-electron chi connectivity index (χ1n) is 5.61. The topological polar surface area (TPSA) is 47.3 Å². The highest BCUT2D eigenvalue weighted by Crippen LogP contribution is 2.36. The summed E-state index contributed by atoms with van der Waals surface area (Å²) in [5.41, 5.74) is 6.75. The number of ether oxygens (including phenoxy) is 1. The maximum atomic E-state index is 5.53. The van der Waals surface area contributed by atoms with E-state index < -0.39 is 0 Å². The Bertz CT molecular complexity index is 357. The zero-order chi connectivity index (χ0) is 11.4. The number of hydrogen-bond donors (Lipinski definition) is 2. The van der Waals surface area contributed by atoms with Crippen LogP contribution in [-0.4, -0.2) is 25.4 Å². The number of hydrogen-bond acceptors (Lipinski definition) is 4. The Morgan fingerprint density at radius 1 is 1.56 bits per heavy atom. The van der Waals surface area contributed by atoms with Gasteiger partial charge in [0.25, 0.3) is 0 Å². The van der Waals surface area contributed by atoms with Crippen molar-refractivity contribution in [3.8, 4) is 5.75 Å². The van der Waals surface area contributed by atoms with E-state index in [0.717, 1.165) is 30.9 Å². The van der Waals surface area contributed by atoms with E-state index in [0.29, 0.717) is 6.04 Å². The lowest BCUT2D eigenvalue weighted by Crippen LogP contribution is -2.26. The van der Waals surface area contributed by atoms with E-state index in [1.54, 1.807) is 7.11 Å². The van der Waals surface area contributed by atoms with Gasteiger partial charge in [-0.1, -0.05) is 0 Å². The second kappa shape index (κ2) is 5.46. The molecule has 0 bridgehead atoms. The van der Waals surface area contributed by atoms with Crippen molar-refractivity contribution in [3.05, 3.63) is 18.2 Å². The van der Waals surface area contributed by atoms with Crippen LogP contribution in [0.4, 0.5) is 5.69 Å². The Labute approximate surface area is 101 Å². The Balaban J connectivity index is 2.04. The van der Waals surface area contributed by atoms with Gasteiger partial charge in [-0.3, -0.25) is 0 Å². The standard InChI is InChI=1S/C12H18N2OS/c1-15-10-4-5-11-12(7-10)16-8-9(14-11)3-2-6-13/h4-5,7,9,14H,2-3,6,8,13H2,1H3. The van der Waals surface area contributed by atoms with Gasteiger partial charge in [-0.2, -0.15) is 0 Å². The Morgan fingerprint density at radius 2 is 2.44 bits per heavy atom. The highest BCUT2D eigenvalue weighted by Gasteiger charge is 2.17. The van der Waals surface area contributed by atoms with Crippen molar-refractivity contribution in [1.82, 2.24) is 0 Å². The molecular formula is C12H18N2OS. The van der Waals surface area contributed by atoms with Gasteiger partial charge in [0.2, 0.25) is 0 Å². The van der Waals surface area contributed by atoms with Crippen LogP contribution in [0.1, 0.15) is 12.8 Å². The highest BCUT2D eigenvalue weighted by atomic mass is 32.2. The van der Waals surface area contributed by atoms with Crippen molar-refractivity contribution in [3.63, 3.8) is 0 Å². The molecule has 0 spiro atoms. The Morgan fingerprint density at radius 3 is 3.19 bits per heavy atom. The summed E-state index contributed by atoms with van der Waals surface area (Å²) in [5.74, 6) is 2.04. The first kappa shape index (κ1) is 11.6. The predicted octanol–water partition coefficient (Wildman–Crippen LogP) is 2.32. The first-order valence-corrected chi connectivity index (χ1v) is 6.59. The number of rotatable bonds is 4. The second-order valence-electron chi connectivity index (χ2n) is 3.95. The molecule has 1 aliphatic rings. The molecular weight excluding hydrogens is 220 g/mol. The van der Waals surface area contributed by atoms with Crippen LogP contribution in [0.5, 0.6) is 5.75 Å². The molecule has 4 heteroatoms. The molecule has 0 aliphatic carbocycles. The van der Waals surface area contributed by atoms with Crippen LogP contribution < -0.4 is 15.8 Å². The van der Waals surface area contributed by atoms with Crippen molar-refractivity contribution < 1.29 is 4.74 Å². The summed E-state index contributed by atoms with van der Waals surface area (Å²) < 4.78 is 5.21. The van der Waals surface area contributed by atoms with Crippen molar-refractivity contribution >= 4 is 17.4 Å². The summed E-state index contributed by atoms with van der Waals surface area (Å²) in [5, 5.41) is 3.55. The average molecular weight is 238 g/mol. The van der Waals surface area contributed by atoms with Crippen molar-refractivity contribution in [2.24, 2.45) is 5.73 Å². The molecule has 0 amide bonds. The minimum absolute atomic E-state index is 0.550. The number of nitrogens with one attached hydrogen (secondary N) is 1. The molecule has 3 N–H and O–H groups in total. The van der Waals surface area contributed by atoms with Crippen molar-refractivity contribution in [1.29, 1.82) is 0 Å². The molecule has 3 nitrogen and oxygen atoms in total. The van der Waals surface area contributed by atoms with E-state index in [1.807, 2.05) is 17.8 Å². The quantitative estimate of drug-likeness (QED) is 0.845. The van der Waals surface area contributed by atoms with E-state index in [-0.39, 0.29) is 0 Å². The third-order valence-electron chi connectivity index (χ3n) is 2.75. The molecule has 0 saturated carbocycles. The largest absolute Gasteiger partial charge is 0.497 e. The van der Waals surface area contributed by atoms with Gasteiger partial charge in [0.1, 0.15) is 5.75 Å². The van der Waals surface area contributed by atoms with E-state index in [1.165, 1.54) is 10.6 Å². The van der Waals surface area contributed by atoms with Gasteiger partial charge < -0.3 is 15.8 Å². The summed E-state index contributed by atoms with van der Waals surface area (Å²) in [4.78, 5) is 1.28. The molecule has 0 saturated heterocycles. The third-order valence-corrected chi connectivity index (χ3v) is 3.96. The van der Waals surface area contributed by atoms with Gasteiger partial charge in [-0.25, -0.2) is 0 Å². The summed E-state index contributed by atoms with van der Waals surface area (Å²) in [6.07, 6.45) is 2.23. The normalized spacial score (nSPS) is 18.8. The molecule has 88 valence electrons. The monoisotopic (exact) mass is 238 g/mol. The number of thioether (sulfide) groups is 1. The molecule has 1 aromatic rings. The molecule has 16 heavy (non-hydrogen) atoms. The second-order valence-corrected chi connectivity index (χ2v) is 5.01. The number of fused-ring (bicyclic) bond motifs is 1. The molecule has 1 aliphatic heterocycles. The van der Waals surface area contributed by atoms with E-state index >= 15 is 0 Å². The van der Waals surface area contributed by atoms with Gasteiger partial charge >= 0.3 is 0 Å². The van der Waals surface area contributed by atoms with Crippen LogP contribution >= 0.6 is 11.8 Å². The van der Waals surface area contributed by atoms with Crippen LogP contribution in [-0.2, 0) is 0 Å². The van der Waals surface area contributed by atoms with Crippen LogP contribution in [0.3, 0.4) is 0 Å². The molecule has 0 fully saturated rings. The molecule has 2 rings (SSSR count). The molecule has 1 aromatic carbocycles. The maximum Gasteiger partial charge on any atom is 0.120 e. The summed E-state index contributed by atoms with van der Waals surface area (Å²) in [6.45, 7) is 0.776. The van der Waals surface area contributed by atoms with Crippen LogP contribution in [0.15, 0.2) is 23.1 Å². The van der Waals surface area contributed by atoms with Gasteiger partial charge in [0.05, 0.1) is 7.11 Å². The molecule has 1 unspecified atom stereocenters. The van der Waals surface area contributed by atoms with Crippen LogP contribution in [0.2, 0.25) is 0 Å². The lowest BCUT2D eigenvalue weighted by atomic mass is 10.1. The zero-order valence-electron chi connectivity index (χ0n) is 9.53. The molecule has 0 aromatic heterocycles. The van der Waals surface area contributed by atoms with E-state index in [9.17, 15) is 0 Å². The summed E-state index contributed by atoms with van der Waals surface area (Å²) >= 11 is 1.89. The summed E-state index contributed by atoms with van der Waals surface area (Å²) in [7, 11) is 1.70. The first-order chi connectivity index (χ1) is 7.83. The SMILES string of the molecule is COc1ccc2c(c1)SCC(CCCN)N2. The number of methoxy groups -OCH3 is 1. The van der Waals surface area contributed by atoms with Crippen LogP contribution in [0, 0.1) is 0 Å². The maximum absolute atomic E-state index is 5.53. The Kier molecular flexibility index (Phi) is 3.96. The summed E-state index contributed by atoms with van der Waals surface area (Å²) in [6, 6.07) is 6.73. The van der Waals surface area contributed by atoms with Gasteiger partial charge in [-0.15, -0.1) is 11.8 Å². The minimum Gasteiger partial charge on any atom is -0.497 e. The third kappa shape index (κ3) is 2.62. The van der Waals surface area contributed by atoms with E-state index in [2.05, 4.69) is 17.4 Å². The fraction of sp³-hybridized carbons (Fsp3) is 0.500. The van der Waals surface area contributed by atoms with Crippen molar-refractivity contribution in [2.75, 3.05) is 24.7 Å². The molecule has 1 atom stereocenters. The molecule has 0 radical (unpaired) electrons. The number of benzene rings is 1. The van der Waals surface area contributed by atoms with Gasteiger partial charge in [0, 0.05) is 22.4 Å². The van der Waals surface area contributed by atoms with Crippen LogP contribution in [0.25, 0.3) is 0 Å². The Hall–Kier alpha value is -0.870. The fourth-order valence-corrected chi connectivity index (χ4v) is 2.95. The average Bonchev–Trinajstić information content (AvgIpc) is 2.35. The zero-order valence-corrected chi connectivity index (χ0v) is 10.3. The van der Waals surface area contributed by atoms with Gasteiger partial charge in [-0.05, 0) is 37.6 Å². The smallest absolute Gasteiger partial charge is 0.120 e. The lowest BCUT2D eigenvalue weighted by molar-refractivity contribution is 0.413. The van der Waals surface area contributed by atoms with Crippen molar-refractivity contribution in [2.45, 2.75) is 23.8 Å². The minimum atomic E-state index is 0.550.